The number of hydrogen-bond acceptors (Lipinski definition) is 6. The number of ether oxygens (including phenoxy) is 1. The number of halogens is 1. The number of benzene rings is 2. The average Bonchev–Trinajstić information content (AvgIpc) is 3.54. The van der Waals surface area contributed by atoms with Gasteiger partial charge in [0.1, 0.15) is 11.1 Å². The maximum absolute atomic E-state index is 13.7. The van der Waals surface area contributed by atoms with E-state index in [-0.39, 0.29) is 30.0 Å². The first-order chi connectivity index (χ1) is 18.8. The molecule has 0 atom stereocenters. The predicted octanol–water partition coefficient (Wildman–Crippen LogP) is 7.08. The fourth-order valence-electron chi connectivity index (χ4n) is 5.14. The van der Waals surface area contributed by atoms with E-state index >= 15 is 0 Å². The smallest absolute Gasteiger partial charge is 0.343 e. The molecule has 9 heteroatoms. The molecule has 2 aromatic heterocycles. The van der Waals surface area contributed by atoms with Gasteiger partial charge in [0.15, 0.2) is 11.4 Å². The molecule has 4 aromatic rings. The highest BCUT2D eigenvalue weighted by molar-refractivity contribution is 6.33. The second kappa shape index (κ2) is 11.2. The number of carbonyl (C=O) groups is 2. The summed E-state index contributed by atoms with van der Waals surface area (Å²) in [5.74, 6) is 0.721. The maximum atomic E-state index is 13.7. The lowest BCUT2D eigenvalue weighted by Gasteiger charge is -2.32. The number of fused-ring (bicyclic) bond motifs is 1. The van der Waals surface area contributed by atoms with Gasteiger partial charge in [-0.2, -0.15) is 0 Å². The summed E-state index contributed by atoms with van der Waals surface area (Å²) in [7, 11) is 0. The van der Waals surface area contributed by atoms with Crippen LogP contribution in [-0.4, -0.2) is 39.3 Å². The van der Waals surface area contributed by atoms with Crippen molar-refractivity contribution in [3.63, 3.8) is 0 Å². The Labute approximate surface area is 232 Å². The Hall–Kier alpha value is -3.65. The minimum absolute atomic E-state index is 0.00274. The van der Waals surface area contributed by atoms with Crippen LogP contribution in [-0.2, 0) is 9.53 Å². The molecule has 0 aliphatic heterocycles. The van der Waals surface area contributed by atoms with E-state index in [1.165, 1.54) is 0 Å². The van der Waals surface area contributed by atoms with Crippen LogP contribution in [0.15, 0.2) is 53.1 Å². The molecule has 0 bridgehead atoms. The van der Waals surface area contributed by atoms with Crippen LogP contribution < -0.4 is 4.90 Å². The molecule has 2 aromatic carbocycles. The van der Waals surface area contributed by atoms with E-state index < -0.39 is 5.97 Å². The van der Waals surface area contributed by atoms with Gasteiger partial charge in [-0.3, -0.25) is 9.69 Å². The van der Waals surface area contributed by atoms with Crippen molar-refractivity contribution in [3.05, 3.63) is 59.2 Å². The van der Waals surface area contributed by atoms with Gasteiger partial charge in [-0.05, 0) is 82.7 Å². The lowest BCUT2D eigenvalue weighted by atomic mass is 9.82. The van der Waals surface area contributed by atoms with E-state index in [4.69, 9.17) is 25.9 Å². The van der Waals surface area contributed by atoms with Gasteiger partial charge in [-0.15, -0.1) is 5.10 Å². The molecular formula is C30H33ClN4O4. The van der Waals surface area contributed by atoms with E-state index in [9.17, 15) is 9.59 Å². The Morgan fingerprint density at radius 2 is 1.90 bits per heavy atom. The Balaban J connectivity index is 1.52. The zero-order chi connectivity index (χ0) is 27.7. The van der Waals surface area contributed by atoms with Crippen molar-refractivity contribution >= 4 is 40.4 Å². The second-order valence-electron chi connectivity index (χ2n) is 10.4. The Morgan fingerprint density at radius 3 is 2.56 bits per heavy atom. The number of rotatable bonds is 7. The van der Waals surface area contributed by atoms with Crippen molar-refractivity contribution in [1.29, 1.82) is 0 Å². The summed E-state index contributed by atoms with van der Waals surface area (Å²) in [4.78, 5) is 32.9. The quantitative estimate of drug-likeness (QED) is 0.229. The monoisotopic (exact) mass is 548 g/mol. The van der Waals surface area contributed by atoms with Gasteiger partial charge in [0.05, 0.1) is 22.9 Å². The minimum Gasteiger partial charge on any atom is -0.462 e. The molecular weight excluding hydrogens is 516 g/mol. The predicted molar refractivity (Wildman–Crippen MR) is 151 cm³/mol. The van der Waals surface area contributed by atoms with Gasteiger partial charge in [0, 0.05) is 18.2 Å². The highest BCUT2D eigenvalue weighted by Crippen LogP contribution is 2.35. The van der Waals surface area contributed by atoms with Crippen molar-refractivity contribution in [3.8, 4) is 17.1 Å². The molecule has 204 valence electrons. The number of nitrogens with zero attached hydrogens (tertiary/aromatic N) is 4. The van der Waals surface area contributed by atoms with Gasteiger partial charge < -0.3 is 9.15 Å². The molecule has 1 aliphatic rings. The molecule has 1 amide bonds. The number of para-hydroxylation sites is 2. The van der Waals surface area contributed by atoms with Crippen molar-refractivity contribution in [1.82, 2.24) is 14.8 Å². The normalized spacial score (nSPS) is 17.5. The summed E-state index contributed by atoms with van der Waals surface area (Å²) in [6.45, 7) is 8.06. The number of esters is 1. The van der Waals surface area contributed by atoms with Gasteiger partial charge >= 0.3 is 5.97 Å². The molecule has 5 rings (SSSR count). The van der Waals surface area contributed by atoms with Crippen LogP contribution in [0, 0.1) is 11.8 Å². The van der Waals surface area contributed by atoms with Crippen LogP contribution in [0.25, 0.3) is 28.2 Å². The summed E-state index contributed by atoms with van der Waals surface area (Å²) in [5, 5.41) is 5.16. The second-order valence-corrected chi connectivity index (χ2v) is 10.8. The van der Waals surface area contributed by atoms with E-state index in [2.05, 4.69) is 11.9 Å². The maximum Gasteiger partial charge on any atom is 0.343 e. The van der Waals surface area contributed by atoms with E-state index in [1.54, 1.807) is 28.8 Å². The number of aromatic nitrogens is 3. The van der Waals surface area contributed by atoms with Crippen molar-refractivity contribution in [2.24, 2.45) is 11.8 Å². The Morgan fingerprint density at radius 1 is 1.15 bits per heavy atom. The number of oxazole rings is 1. The summed E-state index contributed by atoms with van der Waals surface area (Å²) in [5.41, 5.74) is 2.92. The lowest BCUT2D eigenvalue weighted by Crippen LogP contribution is -2.43. The molecule has 2 heterocycles. The van der Waals surface area contributed by atoms with Crippen LogP contribution in [0.3, 0.4) is 0 Å². The number of anilines is 1. The molecule has 0 unspecified atom stereocenters. The molecule has 8 nitrogen and oxygen atoms in total. The van der Waals surface area contributed by atoms with Crippen molar-refractivity contribution < 1.29 is 18.7 Å². The third-order valence-corrected chi connectivity index (χ3v) is 7.59. The standard InChI is InChI=1S/C30H33ClN4O4/c1-5-38-30(37)23-17-34(33-27(23)35(18(2)3)29(36)20-12-10-19(4)11-13-20)21-14-15-22(24(31)16-21)28-32-25-8-6-7-9-26(25)39-28/h6-9,14-20H,5,10-13H2,1-4H3/t19-,20-. The van der Waals surface area contributed by atoms with E-state index in [0.29, 0.717) is 39.5 Å². The first-order valence-electron chi connectivity index (χ1n) is 13.5. The minimum atomic E-state index is -0.524. The summed E-state index contributed by atoms with van der Waals surface area (Å²) >= 11 is 6.68. The Kier molecular flexibility index (Phi) is 7.75. The summed E-state index contributed by atoms with van der Waals surface area (Å²) in [6, 6.07) is 12.7. The van der Waals surface area contributed by atoms with Crippen molar-refractivity contribution in [2.45, 2.75) is 59.4 Å². The molecule has 0 N–H and O–H groups in total. The molecule has 1 fully saturated rings. The van der Waals surface area contributed by atoms with Gasteiger partial charge in [-0.25, -0.2) is 14.5 Å². The molecule has 0 spiro atoms. The first-order valence-corrected chi connectivity index (χ1v) is 13.9. The topological polar surface area (TPSA) is 90.5 Å². The molecule has 39 heavy (non-hydrogen) atoms. The third-order valence-electron chi connectivity index (χ3n) is 7.28. The SMILES string of the molecule is CCOC(=O)c1cn(-c2ccc(-c3nc4ccccc4o3)c(Cl)c2)nc1N(C(=O)[C@H]1CC[C@H](C)CC1)C(C)C. The average molecular weight is 549 g/mol. The fourth-order valence-corrected chi connectivity index (χ4v) is 5.40. The largest absolute Gasteiger partial charge is 0.462 e. The van der Waals surface area contributed by atoms with Crippen LogP contribution >= 0.6 is 11.6 Å². The van der Waals surface area contributed by atoms with E-state index in [1.807, 2.05) is 50.2 Å². The lowest BCUT2D eigenvalue weighted by molar-refractivity contribution is -0.124. The number of carbonyl (C=O) groups excluding carboxylic acids is 2. The molecule has 0 saturated heterocycles. The van der Waals surface area contributed by atoms with Crippen LogP contribution in [0.5, 0.6) is 0 Å². The van der Waals surface area contributed by atoms with Gasteiger partial charge in [0.2, 0.25) is 11.8 Å². The zero-order valence-electron chi connectivity index (χ0n) is 22.7. The highest BCUT2D eigenvalue weighted by Gasteiger charge is 2.34. The fraction of sp³-hybridized carbons (Fsp3) is 0.400. The third kappa shape index (κ3) is 5.43. The summed E-state index contributed by atoms with van der Waals surface area (Å²) in [6.07, 6.45) is 5.32. The molecule has 1 aliphatic carbocycles. The van der Waals surface area contributed by atoms with Gasteiger partial charge in [-0.1, -0.05) is 30.7 Å². The highest BCUT2D eigenvalue weighted by atomic mass is 35.5. The Bertz CT molecular complexity index is 1470. The number of amides is 1. The van der Waals surface area contributed by atoms with Gasteiger partial charge in [0.25, 0.3) is 0 Å². The van der Waals surface area contributed by atoms with Crippen LogP contribution in [0.2, 0.25) is 5.02 Å². The molecule has 0 radical (unpaired) electrons. The van der Waals surface area contributed by atoms with Crippen molar-refractivity contribution in [2.75, 3.05) is 11.5 Å². The van der Waals surface area contributed by atoms with Crippen LogP contribution in [0.4, 0.5) is 5.82 Å². The summed E-state index contributed by atoms with van der Waals surface area (Å²) < 4.78 is 12.8. The number of hydrogen-bond donors (Lipinski definition) is 0. The zero-order valence-corrected chi connectivity index (χ0v) is 23.4. The van der Waals surface area contributed by atoms with Crippen LogP contribution in [0.1, 0.15) is 63.7 Å². The molecule has 1 saturated carbocycles. The first kappa shape index (κ1) is 26.9. The van der Waals surface area contributed by atoms with E-state index in [0.717, 1.165) is 31.2 Å².